The van der Waals surface area contributed by atoms with Gasteiger partial charge >= 0.3 is 12.0 Å². The van der Waals surface area contributed by atoms with Gasteiger partial charge in [-0.15, -0.1) is 5.10 Å². The standard InChI is InChI=1S/C19H17N3O4/c1-11-4-5-12(2)15(10-11)17-21-22-19(26-17)20-16(23)13-6-8-14(9-7-13)18(24)25-3/h4-10H,1-3H3,(H,20,22,23). The number of rotatable bonds is 4. The predicted octanol–water partition coefficient (Wildman–Crippen LogP) is 3.39. The fraction of sp³-hybridized carbons (Fsp3) is 0.158. The lowest BCUT2D eigenvalue weighted by Gasteiger charge is -2.03. The predicted molar refractivity (Wildman–Crippen MR) is 94.9 cm³/mol. The third-order valence-electron chi connectivity index (χ3n) is 3.84. The lowest BCUT2D eigenvalue weighted by atomic mass is 10.1. The number of methoxy groups -OCH3 is 1. The maximum atomic E-state index is 12.3. The third-order valence-corrected chi connectivity index (χ3v) is 3.84. The number of carbonyl (C=O) groups is 2. The number of esters is 1. The summed E-state index contributed by atoms with van der Waals surface area (Å²) in [7, 11) is 1.30. The lowest BCUT2D eigenvalue weighted by molar-refractivity contribution is 0.0600. The van der Waals surface area contributed by atoms with Crippen LogP contribution in [0.15, 0.2) is 46.9 Å². The van der Waals surface area contributed by atoms with Crippen LogP contribution in [0.25, 0.3) is 11.5 Å². The Hall–Kier alpha value is -3.48. The van der Waals surface area contributed by atoms with Crippen molar-refractivity contribution in [1.29, 1.82) is 0 Å². The summed E-state index contributed by atoms with van der Waals surface area (Å²) in [6.07, 6.45) is 0. The second kappa shape index (κ2) is 7.18. The van der Waals surface area contributed by atoms with Gasteiger partial charge in [0.25, 0.3) is 5.91 Å². The van der Waals surface area contributed by atoms with Crippen LogP contribution >= 0.6 is 0 Å². The number of amides is 1. The van der Waals surface area contributed by atoms with Gasteiger partial charge in [0.2, 0.25) is 5.89 Å². The summed E-state index contributed by atoms with van der Waals surface area (Å²) in [5.41, 5.74) is 3.60. The topological polar surface area (TPSA) is 94.3 Å². The largest absolute Gasteiger partial charge is 0.465 e. The highest BCUT2D eigenvalue weighted by molar-refractivity contribution is 6.03. The molecule has 0 aliphatic rings. The van der Waals surface area contributed by atoms with Gasteiger partial charge in [0.05, 0.1) is 12.7 Å². The molecule has 0 aliphatic heterocycles. The molecule has 1 aromatic heterocycles. The van der Waals surface area contributed by atoms with Crippen LogP contribution in [0.2, 0.25) is 0 Å². The van der Waals surface area contributed by atoms with Crippen molar-refractivity contribution in [2.75, 3.05) is 12.4 Å². The zero-order valence-corrected chi connectivity index (χ0v) is 14.6. The number of aryl methyl sites for hydroxylation is 2. The Morgan fingerprint density at radius 1 is 1.00 bits per heavy atom. The highest BCUT2D eigenvalue weighted by atomic mass is 16.5. The minimum atomic E-state index is -0.466. The summed E-state index contributed by atoms with van der Waals surface area (Å²) >= 11 is 0. The van der Waals surface area contributed by atoms with Crippen molar-refractivity contribution in [2.24, 2.45) is 0 Å². The third kappa shape index (κ3) is 3.61. The maximum absolute atomic E-state index is 12.3. The van der Waals surface area contributed by atoms with Crippen LogP contribution in [0.4, 0.5) is 6.01 Å². The normalized spacial score (nSPS) is 10.4. The van der Waals surface area contributed by atoms with Crippen LogP contribution in [-0.4, -0.2) is 29.2 Å². The molecule has 2 aromatic carbocycles. The van der Waals surface area contributed by atoms with E-state index in [-0.39, 0.29) is 6.01 Å². The molecule has 7 nitrogen and oxygen atoms in total. The molecule has 0 atom stereocenters. The summed E-state index contributed by atoms with van der Waals surface area (Å²) in [5.74, 6) is -0.549. The van der Waals surface area contributed by atoms with Crippen molar-refractivity contribution < 1.29 is 18.7 Å². The van der Waals surface area contributed by atoms with Crippen molar-refractivity contribution in [1.82, 2.24) is 10.2 Å². The van der Waals surface area contributed by atoms with Gasteiger partial charge in [0.1, 0.15) is 0 Å². The van der Waals surface area contributed by atoms with Crippen LogP contribution in [0.3, 0.4) is 0 Å². The average Bonchev–Trinajstić information content (AvgIpc) is 3.11. The van der Waals surface area contributed by atoms with Crippen LogP contribution in [-0.2, 0) is 4.74 Å². The zero-order valence-electron chi connectivity index (χ0n) is 14.6. The quantitative estimate of drug-likeness (QED) is 0.724. The van der Waals surface area contributed by atoms with Crippen LogP contribution in [0, 0.1) is 13.8 Å². The second-order valence-electron chi connectivity index (χ2n) is 5.75. The first-order chi connectivity index (χ1) is 12.5. The van der Waals surface area contributed by atoms with Crippen molar-refractivity contribution in [3.63, 3.8) is 0 Å². The van der Waals surface area contributed by atoms with E-state index in [1.54, 1.807) is 0 Å². The summed E-state index contributed by atoms with van der Waals surface area (Å²) in [4.78, 5) is 23.7. The summed E-state index contributed by atoms with van der Waals surface area (Å²) in [5, 5.41) is 10.4. The van der Waals surface area contributed by atoms with Gasteiger partial charge in [0, 0.05) is 11.1 Å². The molecule has 0 spiro atoms. The summed E-state index contributed by atoms with van der Waals surface area (Å²) in [6.45, 7) is 3.92. The number of hydrogen-bond donors (Lipinski definition) is 1. The van der Waals surface area contributed by atoms with E-state index in [1.165, 1.54) is 31.4 Å². The van der Waals surface area contributed by atoms with Gasteiger partial charge in [-0.3, -0.25) is 10.1 Å². The molecule has 26 heavy (non-hydrogen) atoms. The summed E-state index contributed by atoms with van der Waals surface area (Å²) < 4.78 is 10.2. The molecule has 1 N–H and O–H groups in total. The molecule has 0 saturated carbocycles. The number of hydrogen-bond acceptors (Lipinski definition) is 6. The molecule has 7 heteroatoms. The van der Waals surface area contributed by atoms with Gasteiger partial charge in [-0.25, -0.2) is 4.79 Å². The Labute approximate surface area is 150 Å². The molecule has 0 aliphatic carbocycles. The van der Waals surface area contributed by atoms with E-state index in [4.69, 9.17) is 4.42 Å². The minimum Gasteiger partial charge on any atom is -0.465 e. The van der Waals surface area contributed by atoms with E-state index >= 15 is 0 Å². The van der Waals surface area contributed by atoms with Crippen molar-refractivity contribution in [2.45, 2.75) is 13.8 Å². The van der Waals surface area contributed by atoms with Gasteiger partial charge in [-0.1, -0.05) is 22.8 Å². The average molecular weight is 351 g/mol. The van der Waals surface area contributed by atoms with Crippen molar-refractivity contribution in [3.8, 4) is 11.5 Å². The number of nitrogens with one attached hydrogen (secondary N) is 1. The number of benzene rings is 2. The highest BCUT2D eigenvalue weighted by Gasteiger charge is 2.15. The maximum Gasteiger partial charge on any atom is 0.337 e. The fourth-order valence-electron chi connectivity index (χ4n) is 2.39. The van der Waals surface area contributed by atoms with Gasteiger partial charge in [-0.05, 0) is 49.7 Å². The molecule has 1 amide bonds. The molecule has 0 fully saturated rings. The molecular weight excluding hydrogens is 334 g/mol. The molecular formula is C19H17N3O4. The van der Waals surface area contributed by atoms with E-state index in [2.05, 4.69) is 20.3 Å². The molecule has 0 radical (unpaired) electrons. The number of aromatic nitrogens is 2. The number of nitrogens with zero attached hydrogens (tertiary/aromatic N) is 2. The molecule has 3 aromatic rings. The molecule has 0 unspecified atom stereocenters. The first kappa shape index (κ1) is 17.3. The summed E-state index contributed by atoms with van der Waals surface area (Å²) in [6, 6.07) is 12.0. The smallest absolute Gasteiger partial charge is 0.337 e. The second-order valence-corrected chi connectivity index (χ2v) is 5.75. The van der Waals surface area contributed by atoms with Crippen LogP contribution in [0.5, 0.6) is 0 Å². The minimum absolute atomic E-state index is 0.00273. The van der Waals surface area contributed by atoms with Gasteiger partial charge < -0.3 is 9.15 Å². The Kier molecular flexibility index (Phi) is 4.79. The number of ether oxygens (including phenoxy) is 1. The SMILES string of the molecule is COC(=O)c1ccc(C(=O)Nc2nnc(-c3cc(C)ccc3C)o2)cc1. The first-order valence-corrected chi connectivity index (χ1v) is 7.89. The Bertz CT molecular complexity index is 961. The Morgan fingerprint density at radius 2 is 1.69 bits per heavy atom. The highest BCUT2D eigenvalue weighted by Crippen LogP contribution is 2.24. The molecule has 0 bridgehead atoms. The van der Waals surface area contributed by atoms with Gasteiger partial charge in [0.15, 0.2) is 0 Å². The van der Waals surface area contributed by atoms with Crippen LogP contribution < -0.4 is 5.32 Å². The molecule has 132 valence electrons. The fourth-order valence-corrected chi connectivity index (χ4v) is 2.39. The van der Waals surface area contributed by atoms with Crippen LogP contribution in [0.1, 0.15) is 31.8 Å². The van der Waals surface area contributed by atoms with Crippen molar-refractivity contribution >= 4 is 17.9 Å². The Balaban J connectivity index is 1.75. The lowest BCUT2D eigenvalue weighted by Crippen LogP contribution is -2.12. The monoisotopic (exact) mass is 351 g/mol. The molecule has 0 saturated heterocycles. The zero-order chi connectivity index (χ0) is 18.7. The molecule has 3 rings (SSSR count). The van der Waals surface area contributed by atoms with E-state index in [1.807, 2.05) is 32.0 Å². The van der Waals surface area contributed by atoms with E-state index in [0.29, 0.717) is 17.0 Å². The van der Waals surface area contributed by atoms with E-state index in [0.717, 1.165) is 16.7 Å². The van der Waals surface area contributed by atoms with Gasteiger partial charge in [-0.2, -0.15) is 0 Å². The van der Waals surface area contributed by atoms with E-state index < -0.39 is 11.9 Å². The Morgan fingerprint density at radius 3 is 2.38 bits per heavy atom. The molecule has 1 heterocycles. The van der Waals surface area contributed by atoms with E-state index in [9.17, 15) is 9.59 Å². The first-order valence-electron chi connectivity index (χ1n) is 7.89. The number of carbonyl (C=O) groups excluding carboxylic acids is 2. The van der Waals surface area contributed by atoms with Crippen molar-refractivity contribution in [3.05, 3.63) is 64.7 Å². The number of anilines is 1.